The van der Waals surface area contributed by atoms with Gasteiger partial charge in [0.25, 0.3) is 0 Å². The van der Waals surface area contributed by atoms with Crippen LogP contribution >= 0.6 is 0 Å². The lowest BCUT2D eigenvalue weighted by Crippen LogP contribution is -1.95. The van der Waals surface area contributed by atoms with Crippen molar-refractivity contribution in [1.82, 2.24) is 14.6 Å². The van der Waals surface area contributed by atoms with Gasteiger partial charge in [0.05, 0.1) is 0 Å². The molecule has 0 saturated heterocycles. The van der Waals surface area contributed by atoms with Crippen molar-refractivity contribution in [3.05, 3.63) is 72.4 Å². The number of hydrogen-bond donors (Lipinski definition) is 2. The van der Waals surface area contributed by atoms with E-state index in [0.29, 0.717) is 5.95 Å². The Bertz CT molecular complexity index is 1010. The zero-order valence-electron chi connectivity index (χ0n) is 13.1. The van der Waals surface area contributed by atoms with E-state index in [9.17, 15) is 5.11 Å². The maximum Gasteiger partial charge on any atom is 0.247 e. The molecule has 0 bridgehead atoms. The molecule has 0 amide bonds. The van der Waals surface area contributed by atoms with Crippen LogP contribution in [-0.2, 0) is 0 Å². The largest absolute Gasteiger partial charge is 0.508 e. The molecule has 24 heavy (non-hydrogen) atoms. The standard InChI is InChI=1S/C19H16N4O/c1-13-4-2-3-5-17(13)20-19-21-18-11-8-15(12-23(18)22-19)14-6-9-16(24)10-7-14/h2-12,24H,1H3,(H,20,22). The van der Waals surface area contributed by atoms with E-state index in [1.165, 1.54) is 0 Å². The molecular weight excluding hydrogens is 300 g/mol. The van der Waals surface area contributed by atoms with Gasteiger partial charge in [-0.2, -0.15) is 4.98 Å². The number of nitrogens with zero attached hydrogens (tertiary/aromatic N) is 3. The number of benzene rings is 2. The number of anilines is 2. The Labute approximate surface area is 139 Å². The van der Waals surface area contributed by atoms with E-state index in [4.69, 9.17) is 0 Å². The Morgan fingerprint density at radius 2 is 1.67 bits per heavy atom. The van der Waals surface area contributed by atoms with Crippen LogP contribution in [0, 0.1) is 6.92 Å². The first-order valence-electron chi connectivity index (χ1n) is 7.67. The van der Waals surface area contributed by atoms with Crippen molar-refractivity contribution in [2.75, 3.05) is 5.32 Å². The van der Waals surface area contributed by atoms with Gasteiger partial charge in [-0.05, 0) is 48.4 Å². The van der Waals surface area contributed by atoms with Crippen molar-refractivity contribution in [3.8, 4) is 16.9 Å². The molecule has 5 heteroatoms. The van der Waals surface area contributed by atoms with Crippen molar-refractivity contribution in [2.24, 2.45) is 0 Å². The number of aromatic hydroxyl groups is 1. The maximum atomic E-state index is 9.41. The summed E-state index contributed by atoms with van der Waals surface area (Å²) in [5.74, 6) is 0.817. The second kappa shape index (κ2) is 5.70. The van der Waals surface area contributed by atoms with Gasteiger partial charge in [-0.25, -0.2) is 4.52 Å². The summed E-state index contributed by atoms with van der Waals surface area (Å²) < 4.78 is 1.75. The Kier molecular flexibility index (Phi) is 3.39. The summed E-state index contributed by atoms with van der Waals surface area (Å²) in [7, 11) is 0. The molecule has 0 saturated carbocycles. The number of aromatic nitrogens is 3. The number of para-hydroxylation sites is 1. The van der Waals surface area contributed by atoms with Crippen LogP contribution in [0.15, 0.2) is 66.9 Å². The summed E-state index contributed by atoms with van der Waals surface area (Å²) in [4.78, 5) is 4.50. The molecule has 0 aliphatic carbocycles. The lowest BCUT2D eigenvalue weighted by atomic mass is 10.1. The number of phenolic OH excluding ortho intramolecular Hbond substituents is 1. The SMILES string of the molecule is Cc1ccccc1Nc1nc2ccc(-c3ccc(O)cc3)cn2n1. The van der Waals surface area contributed by atoms with E-state index in [-0.39, 0.29) is 5.75 Å². The number of phenols is 1. The molecule has 0 unspecified atom stereocenters. The Morgan fingerprint density at radius 1 is 0.917 bits per heavy atom. The van der Waals surface area contributed by atoms with E-state index < -0.39 is 0 Å². The van der Waals surface area contributed by atoms with Crippen molar-refractivity contribution in [3.63, 3.8) is 0 Å². The highest BCUT2D eigenvalue weighted by atomic mass is 16.3. The smallest absolute Gasteiger partial charge is 0.247 e. The van der Waals surface area contributed by atoms with Crippen LogP contribution in [0.5, 0.6) is 5.75 Å². The summed E-state index contributed by atoms with van der Waals surface area (Å²) in [6, 6.07) is 19.0. The van der Waals surface area contributed by atoms with Crippen molar-refractivity contribution in [2.45, 2.75) is 6.92 Å². The second-order valence-corrected chi connectivity index (χ2v) is 5.64. The number of fused-ring (bicyclic) bond motifs is 1. The Morgan fingerprint density at radius 3 is 2.46 bits per heavy atom. The summed E-state index contributed by atoms with van der Waals surface area (Å²) in [5, 5.41) is 17.2. The van der Waals surface area contributed by atoms with Crippen LogP contribution in [0.3, 0.4) is 0 Å². The average Bonchev–Trinajstić information content (AvgIpc) is 2.99. The third-order valence-corrected chi connectivity index (χ3v) is 3.92. The minimum atomic E-state index is 0.255. The van der Waals surface area contributed by atoms with Gasteiger partial charge in [0.15, 0.2) is 5.65 Å². The van der Waals surface area contributed by atoms with Gasteiger partial charge in [0, 0.05) is 17.4 Å². The molecule has 0 aliphatic heterocycles. The highest BCUT2D eigenvalue weighted by Gasteiger charge is 2.07. The first kappa shape index (κ1) is 14.3. The highest BCUT2D eigenvalue weighted by molar-refractivity contribution is 5.66. The van der Waals surface area contributed by atoms with Crippen molar-refractivity contribution >= 4 is 17.3 Å². The Hall–Kier alpha value is -3.34. The fraction of sp³-hybridized carbons (Fsp3) is 0.0526. The molecule has 118 valence electrons. The lowest BCUT2D eigenvalue weighted by Gasteiger charge is -2.04. The monoisotopic (exact) mass is 316 g/mol. The molecule has 0 radical (unpaired) electrons. The van der Waals surface area contributed by atoms with Crippen LogP contribution in [0.25, 0.3) is 16.8 Å². The summed E-state index contributed by atoms with van der Waals surface area (Å²) >= 11 is 0. The molecule has 0 atom stereocenters. The fourth-order valence-electron chi connectivity index (χ4n) is 2.59. The minimum Gasteiger partial charge on any atom is -0.508 e. The van der Waals surface area contributed by atoms with Gasteiger partial charge in [-0.3, -0.25) is 0 Å². The van der Waals surface area contributed by atoms with Crippen LogP contribution in [0.2, 0.25) is 0 Å². The highest BCUT2D eigenvalue weighted by Crippen LogP contribution is 2.23. The van der Waals surface area contributed by atoms with Crippen LogP contribution in [-0.4, -0.2) is 19.7 Å². The molecule has 0 aliphatic rings. The molecular formula is C19H16N4O. The van der Waals surface area contributed by atoms with Gasteiger partial charge < -0.3 is 10.4 Å². The topological polar surface area (TPSA) is 62.5 Å². The van der Waals surface area contributed by atoms with E-state index >= 15 is 0 Å². The van der Waals surface area contributed by atoms with Crippen molar-refractivity contribution < 1.29 is 5.11 Å². The molecule has 2 heterocycles. The van der Waals surface area contributed by atoms with E-state index in [1.807, 2.05) is 61.7 Å². The van der Waals surface area contributed by atoms with E-state index in [0.717, 1.165) is 28.0 Å². The zero-order valence-corrected chi connectivity index (χ0v) is 13.1. The predicted octanol–water partition coefficient (Wildman–Crippen LogP) is 4.15. The third-order valence-electron chi connectivity index (χ3n) is 3.92. The maximum absolute atomic E-state index is 9.41. The molecule has 4 rings (SSSR count). The fourth-order valence-corrected chi connectivity index (χ4v) is 2.59. The lowest BCUT2D eigenvalue weighted by molar-refractivity contribution is 0.475. The molecule has 4 aromatic rings. The second-order valence-electron chi connectivity index (χ2n) is 5.64. The Balaban J connectivity index is 1.68. The molecule has 2 aromatic carbocycles. The van der Waals surface area contributed by atoms with E-state index in [2.05, 4.69) is 15.4 Å². The van der Waals surface area contributed by atoms with Gasteiger partial charge in [-0.15, -0.1) is 5.10 Å². The van der Waals surface area contributed by atoms with E-state index in [1.54, 1.807) is 16.6 Å². The third kappa shape index (κ3) is 2.67. The first-order valence-corrected chi connectivity index (χ1v) is 7.67. The summed E-state index contributed by atoms with van der Waals surface area (Å²) in [6.07, 6.45) is 1.93. The molecule has 5 nitrogen and oxygen atoms in total. The van der Waals surface area contributed by atoms with Gasteiger partial charge in [-0.1, -0.05) is 30.3 Å². The summed E-state index contributed by atoms with van der Waals surface area (Å²) in [5.41, 5.74) is 4.93. The predicted molar refractivity (Wildman–Crippen MR) is 94.5 cm³/mol. The zero-order chi connectivity index (χ0) is 16.5. The number of hydrogen-bond acceptors (Lipinski definition) is 4. The number of aryl methyl sites for hydroxylation is 1. The first-order chi connectivity index (χ1) is 11.7. The molecule has 0 spiro atoms. The minimum absolute atomic E-state index is 0.255. The van der Waals surface area contributed by atoms with Gasteiger partial charge >= 0.3 is 0 Å². The average molecular weight is 316 g/mol. The van der Waals surface area contributed by atoms with Crippen LogP contribution < -0.4 is 5.32 Å². The van der Waals surface area contributed by atoms with Crippen LogP contribution in [0.4, 0.5) is 11.6 Å². The number of nitrogens with one attached hydrogen (secondary N) is 1. The molecule has 0 fully saturated rings. The molecule has 2 aromatic heterocycles. The number of pyridine rings is 1. The number of rotatable bonds is 3. The molecule has 2 N–H and O–H groups in total. The van der Waals surface area contributed by atoms with Crippen LogP contribution in [0.1, 0.15) is 5.56 Å². The summed E-state index contributed by atoms with van der Waals surface area (Å²) in [6.45, 7) is 2.04. The quantitative estimate of drug-likeness (QED) is 0.596. The van der Waals surface area contributed by atoms with Gasteiger partial charge in [0.1, 0.15) is 5.75 Å². The van der Waals surface area contributed by atoms with Gasteiger partial charge in [0.2, 0.25) is 5.95 Å². The normalized spacial score (nSPS) is 10.9. The van der Waals surface area contributed by atoms with Crippen molar-refractivity contribution in [1.29, 1.82) is 0 Å².